The van der Waals surface area contributed by atoms with Gasteiger partial charge in [-0.25, -0.2) is 4.98 Å². The third-order valence-electron chi connectivity index (χ3n) is 3.30. The molecule has 0 unspecified atom stereocenters. The van der Waals surface area contributed by atoms with Gasteiger partial charge in [-0.3, -0.25) is 0 Å². The number of nitriles is 1. The van der Waals surface area contributed by atoms with Crippen molar-refractivity contribution in [1.29, 1.82) is 5.26 Å². The number of hydrogen-bond acceptors (Lipinski definition) is 3. The van der Waals surface area contributed by atoms with E-state index in [9.17, 15) is 5.26 Å². The number of hydrogen-bond donors (Lipinski definition) is 1. The van der Waals surface area contributed by atoms with Gasteiger partial charge in [-0.2, -0.15) is 5.26 Å². The molecule has 1 saturated carbocycles. The second-order valence-electron chi connectivity index (χ2n) is 4.95. The maximum absolute atomic E-state index is 9.21. The Morgan fingerprint density at radius 3 is 2.63 bits per heavy atom. The lowest BCUT2D eigenvalue weighted by Gasteiger charge is -2.11. The second kappa shape index (κ2) is 4.74. The largest absolute Gasteiger partial charge is 0.366 e. The van der Waals surface area contributed by atoms with E-state index in [0.29, 0.717) is 11.6 Å². The van der Waals surface area contributed by atoms with Crippen LogP contribution in [0.1, 0.15) is 24.0 Å². The maximum Gasteiger partial charge on any atom is 0.144 e. The first-order chi connectivity index (χ1) is 9.28. The minimum Gasteiger partial charge on any atom is -0.366 e. The normalized spacial score (nSPS) is 13.9. The monoisotopic (exact) mass is 249 g/mol. The van der Waals surface area contributed by atoms with Crippen LogP contribution in [0.5, 0.6) is 0 Å². The van der Waals surface area contributed by atoms with E-state index in [4.69, 9.17) is 0 Å². The molecule has 1 fully saturated rings. The van der Waals surface area contributed by atoms with Gasteiger partial charge >= 0.3 is 0 Å². The standard InChI is InChI=1S/C16H15N3/c1-11-9-13(10-17)16(18-14-7-8-14)19-15(11)12-5-3-2-4-6-12/h2-6,9,14H,7-8H2,1H3,(H,18,19). The maximum atomic E-state index is 9.21. The highest BCUT2D eigenvalue weighted by molar-refractivity contribution is 5.68. The zero-order valence-electron chi connectivity index (χ0n) is 10.9. The fourth-order valence-electron chi connectivity index (χ4n) is 2.12. The zero-order chi connectivity index (χ0) is 13.2. The zero-order valence-corrected chi connectivity index (χ0v) is 10.9. The van der Waals surface area contributed by atoms with Gasteiger partial charge in [0.05, 0.1) is 11.3 Å². The van der Waals surface area contributed by atoms with Crippen LogP contribution in [0.2, 0.25) is 0 Å². The Labute approximate surface area is 112 Å². The Hall–Kier alpha value is -2.34. The summed E-state index contributed by atoms with van der Waals surface area (Å²) in [4.78, 5) is 4.66. The summed E-state index contributed by atoms with van der Waals surface area (Å²) in [5.74, 6) is 0.717. The fourth-order valence-corrected chi connectivity index (χ4v) is 2.12. The number of rotatable bonds is 3. The topological polar surface area (TPSA) is 48.7 Å². The third-order valence-corrected chi connectivity index (χ3v) is 3.30. The van der Waals surface area contributed by atoms with Crippen molar-refractivity contribution in [3.63, 3.8) is 0 Å². The molecular formula is C16H15N3. The van der Waals surface area contributed by atoms with Crippen LogP contribution in [0, 0.1) is 18.3 Å². The summed E-state index contributed by atoms with van der Waals surface area (Å²) in [5.41, 5.74) is 3.69. The predicted octanol–water partition coefficient (Wildman–Crippen LogP) is 3.50. The molecule has 1 aliphatic carbocycles. The van der Waals surface area contributed by atoms with E-state index in [2.05, 4.69) is 16.4 Å². The van der Waals surface area contributed by atoms with Gasteiger partial charge in [0, 0.05) is 11.6 Å². The van der Waals surface area contributed by atoms with Crippen LogP contribution in [0.15, 0.2) is 36.4 Å². The van der Waals surface area contributed by atoms with Crippen molar-refractivity contribution in [2.45, 2.75) is 25.8 Å². The number of anilines is 1. The van der Waals surface area contributed by atoms with Crippen molar-refractivity contribution in [3.8, 4) is 17.3 Å². The number of aryl methyl sites for hydroxylation is 1. The number of aromatic nitrogens is 1. The molecule has 3 heteroatoms. The quantitative estimate of drug-likeness (QED) is 0.905. The molecule has 3 rings (SSSR count). The van der Waals surface area contributed by atoms with Crippen LogP contribution in [-0.4, -0.2) is 11.0 Å². The first-order valence-electron chi connectivity index (χ1n) is 6.51. The van der Waals surface area contributed by atoms with Gasteiger partial charge in [0.15, 0.2) is 0 Å². The highest BCUT2D eigenvalue weighted by atomic mass is 15.0. The molecule has 0 spiro atoms. The highest BCUT2D eigenvalue weighted by Crippen LogP contribution is 2.29. The van der Waals surface area contributed by atoms with Crippen LogP contribution in [0.3, 0.4) is 0 Å². The van der Waals surface area contributed by atoms with Crippen LogP contribution in [-0.2, 0) is 0 Å². The van der Waals surface area contributed by atoms with E-state index in [0.717, 1.165) is 22.6 Å². The summed E-state index contributed by atoms with van der Waals surface area (Å²) >= 11 is 0. The molecule has 2 aromatic rings. The molecule has 19 heavy (non-hydrogen) atoms. The summed E-state index contributed by atoms with van der Waals surface area (Å²) in [6.45, 7) is 2.00. The van der Waals surface area contributed by atoms with Gasteiger partial charge in [-0.05, 0) is 31.4 Å². The van der Waals surface area contributed by atoms with Crippen LogP contribution in [0.4, 0.5) is 5.82 Å². The fraction of sp³-hybridized carbons (Fsp3) is 0.250. The van der Waals surface area contributed by atoms with Crippen molar-refractivity contribution in [2.24, 2.45) is 0 Å². The van der Waals surface area contributed by atoms with Gasteiger partial charge in [-0.15, -0.1) is 0 Å². The SMILES string of the molecule is Cc1cc(C#N)c(NC2CC2)nc1-c1ccccc1. The predicted molar refractivity (Wildman–Crippen MR) is 75.8 cm³/mol. The molecule has 1 aromatic heterocycles. The van der Waals surface area contributed by atoms with E-state index < -0.39 is 0 Å². The lowest BCUT2D eigenvalue weighted by atomic mass is 10.0. The van der Waals surface area contributed by atoms with Crippen molar-refractivity contribution in [2.75, 3.05) is 5.32 Å². The lowest BCUT2D eigenvalue weighted by molar-refractivity contribution is 1.10. The number of nitrogens with zero attached hydrogens (tertiary/aromatic N) is 2. The van der Waals surface area contributed by atoms with E-state index in [1.807, 2.05) is 43.3 Å². The van der Waals surface area contributed by atoms with Crippen LogP contribution < -0.4 is 5.32 Å². The molecule has 1 N–H and O–H groups in total. The van der Waals surface area contributed by atoms with Crippen molar-refractivity contribution >= 4 is 5.82 Å². The molecule has 3 nitrogen and oxygen atoms in total. The average molecular weight is 249 g/mol. The number of nitrogens with one attached hydrogen (secondary N) is 1. The molecular weight excluding hydrogens is 234 g/mol. The molecule has 0 saturated heterocycles. The molecule has 1 heterocycles. The average Bonchev–Trinajstić information content (AvgIpc) is 3.25. The number of benzene rings is 1. The van der Waals surface area contributed by atoms with Gasteiger partial charge < -0.3 is 5.32 Å². The molecule has 0 bridgehead atoms. The molecule has 0 aliphatic heterocycles. The lowest BCUT2D eigenvalue weighted by Crippen LogP contribution is -2.06. The third kappa shape index (κ3) is 2.43. The Morgan fingerprint density at radius 2 is 2.00 bits per heavy atom. The van der Waals surface area contributed by atoms with Gasteiger partial charge in [0.2, 0.25) is 0 Å². The van der Waals surface area contributed by atoms with Gasteiger partial charge in [0.25, 0.3) is 0 Å². The minimum atomic E-state index is 0.492. The second-order valence-corrected chi connectivity index (χ2v) is 4.95. The minimum absolute atomic E-state index is 0.492. The summed E-state index contributed by atoms with van der Waals surface area (Å²) in [6, 6.07) is 14.7. The van der Waals surface area contributed by atoms with Crippen molar-refractivity contribution < 1.29 is 0 Å². The first kappa shape index (κ1) is 11.7. The summed E-state index contributed by atoms with van der Waals surface area (Å²) in [6.07, 6.45) is 2.34. The van der Waals surface area contributed by atoms with Crippen molar-refractivity contribution in [1.82, 2.24) is 4.98 Å². The van der Waals surface area contributed by atoms with Crippen LogP contribution >= 0.6 is 0 Å². The molecule has 1 aliphatic rings. The Balaban J connectivity index is 2.07. The molecule has 0 atom stereocenters. The molecule has 0 amide bonds. The Kier molecular flexibility index (Phi) is 2.92. The Bertz CT molecular complexity index is 637. The summed E-state index contributed by atoms with van der Waals surface area (Å²) in [5, 5.41) is 12.5. The molecule has 0 radical (unpaired) electrons. The first-order valence-corrected chi connectivity index (χ1v) is 6.51. The smallest absolute Gasteiger partial charge is 0.144 e. The highest BCUT2D eigenvalue weighted by Gasteiger charge is 2.23. The van der Waals surface area contributed by atoms with E-state index >= 15 is 0 Å². The van der Waals surface area contributed by atoms with E-state index in [1.165, 1.54) is 12.8 Å². The Morgan fingerprint density at radius 1 is 1.26 bits per heavy atom. The van der Waals surface area contributed by atoms with Gasteiger partial charge in [-0.1, -0.05) is 30.3 Å². The molecule has 1 aromatic carbocycles. The van der Waals surface area contributed by atoms with Crippen LogP contribution in [0.25, 0.3) is 11.3 Å². The summed E-state index contributed by atoms with van der Waals surface area (Å²) < 4.78 is 0. The summed E-state index contributed by atoms with van der Waals surface area (Å²) in [7, 11) is 0. The number of pyridine rings is 1. The van der Waals surface area contributed by atoms with Gasteiger partial charge in [0.1, 0.15) is 11.9 Å². The van der Waals surface area contributed by atoms with Crippen molar-refractivity contribution in [3.05, 3.63) is 47.5 Å². The van der Waals surface area contributed by atoms with E-state index in [-0.39, 0.29) is 0 Å². The van der Waals surface area contributed by atoms with E-state index in [1.54, 1.807) is 0 Å². The molecule has 94 valence electrons.